The molecule has 23 heavy (non-hydrogen) atoms. The van der Waals surface area contributed by atoms with Crippen LogP contribution in [0.25, 0.3) is 0 Å². The Labute approximate surface area is 140 Å². The van der Waals surface area contributed by atoms with Gasteiger partial charge in [-0.3, -0.25) is 4.79 Å². The highest BCUT2D eigenvalue weighted by molar-refractivity contribution is 6.30. The lowest BCUT2D eigenvalue weighted by Gasteiger charge is -2.14. The van der Waals surface area contributed by atoms with E-state index in [4.69, 9.17) is 11.6 Å². The van der Waals surface area contributed by atoms with Gasteiger partial charge in [0.15, 0.2) is 0 Å². The van der Waals surface area contributed by atoms with E-state index in [1.54, 1.807) is 18.2 Å². The molecule has 2 N–H and O–H groups in total. The van der Waals surface area contributed by atoms with Crippen LogP contribution in [0.15, 0.2) is 48.5 Å². The highest BCUT2D eigenvalue weighted by atomic mass is 35.5. The summed E-state index contributed by atoms with van der Waals surface area (Å²) in [6, 6.07) is 14.1. The summed E-state index contributed by atoms with van der Waals surface area (Å²) in [6.45, 7) is 2.60. The van der Waals surface area contributed by atoms with Gasteiger partial charge in [-0.2, -0.15) is 0 Å². The molecule has 0 saturated carbocycles. The number of rotatable bonds is 7. The second-order valence-electron chi connectivity index (χ2n) is 5.35. The van der Waals surface area contributed by atoms with Gasteiger partial charge in [-0.05, 0) is 42.7 Å². The lowest BCUT2D eigenvalue weighted by Crippen LogP contribution is -2.36. The second-order valence-corrected chi connectivity index (χ2v) is 5.78. The van der Waals surface area contributed by atoms with Crippen molar-refractivity contribution in [3.63, 3.8) is 0 Å². The molecular formula is C18H20ClFN2O. The first-order valence-corrected chi connectivity index (χ1v) is 7.93. The predicted octanol–water partition coefficient (Wildman–Crippen LogP) is 3.49. The molecule has 2 aromatic carbocycles. The van der Waals surface area contributed by atoms with Gasteiger partial charge in [0.1, 0.15) is 5.82 Å². The third kappa shape index (κ3) is 5.66. The van der Waals surface area contributed by atoms with Gasteiger partial charge in [-0.1, -0.05) is 41.9 Å². The van der Waals surface area contributed by atoms with Gasteiger partial charge in [0, 0.05) is 17.6 Å². The van der Waals surface area contributed by atoms with Crippen LogP contribution in [0.2, 0.25) is 5.02 Å². The monoisotopic (exact) mass is 334 g/mol. The molecule has 0 fully saturated rings. The minimum Gasteiger partial charge on any atom is -0.355 e. The third-order valence-electron chi connectivity index (χ3n) is 3.61. The molecule has 0 aliphatic rings. The average molecular weight is 335 g/mol. The SMILES string of the molecule is C[C@H](NCC(=O)NCCc1ccccc1F)c1ccc(Cl)cc1. The van der Waals surface area contributed by atoms with Crippen LogP contribution in [0.5, 0.6) is 0 Å². The zero-order chi connectivity index (χ0) is 16.7. The second kappa shape index (κ2) is 8.65. The number of hydrogen-bond acceptors (Lipinski definition) is 2. The molecule has 0 unspecified atom stereocenters. The number of benzene rings is 2. The highest BCUT2D eigenvalue weighted by Crippen LogP contribution is 2.15. The number of carbonyl (C=O) groups excluding carboxylic acids is 1. The predicted molar refractivity (Wildman–Crippen MR) is 91.0 cm³/mol. The van der Waals surface area contributed by atoms with Gasteiger partial charge in [-0.15, -0.1) is 0 Å². The Morgan fingerprint density at radius 1 is 1.17 bits per heavy atom. The molecule has 5 heteroatoms. The fourth-order valence-corrected chi connectivity index (χ4v) is 2.34. The molecule has 2 rings (SSSR count). The number of nitrogens with one attached hydrogen (secondary N) is 2. The fourth-order valence-electron chi connectivity index (χ4n) is 2.22. The summed E-state index contributed by atoms with van der Waals surface area (Å²) in [6.07, 6.45) is 0.477. The van der Waals surface area contributed by atoms with Crippen LogP contribution in [0.4, 0.5) is 4.39 Å². The van der Waals surface area contributed by atoms with E-state index < -0.39 is 0 Å². The molecule has 0 aromatic heterocycles. The van der Waals surface area contributed by atoms with E-state index in [-0.39, 0.29) is 24.3 Å². The number of hydrogen-bond donors (Lipinski definition) is 2. The first-order valence-electron chi connectivity index (χ1n) is 7.55. The van der Waals surface area contributed by atoms with E-state index in [0.717, 1.165) is 5.56 Å². The van der Waals surface area contributed by atoms with Gasteiger partial charge >= 0.3 is 0 Å². The van der Waals surface area contributed by atoms with Gasteiger partial charge < -0.3 is 10.6 Å². The number of amides is 1. The van der Waals surface area contributed by atoms with Crippen LogP contribution in [0.1, 0.15) is 24.1 Å². The summed E-state index contributed by atoms with van der Waals surface area (Å²) in [5.74, 6) is -0.349. The van der Waals surface area contributed by atoms with Gasteiger partial charge in [0.2, 0.25) is 5.91 Å². The van der Waals surface area contributed by atoms with E-state index in [1.165, 1.54) is 6.07 Å². The zero-order valence-electron chi connectivity index (χ0n) is 13.0. The van der Waals surface area contributed by atoms with Crippen molar-refractivity contribution in [3.05, 3.63) is 70.5 Å². The van der Waals surface area contributed by atoms with Crippen molar-refractivity contribution in [2.24, 2.45) is 0 Å². The van der Waals surface area contributed by atoms with Crippen LogP contribution in [0.3, 0.4) is 0 Å². The Balaban J connectivity index is 1.71. The van der Waals surface area contributed by atoms with Crippen molar-refractivity contribution in [1.82, 2.24) is 10.6 Å². The van der Waals surface area contributed by atoms with Crippen molar-refractivity contribution in [2.75, 3.05) is 13.1 Å². The topological polar surface area (TPSA) is 41.1 Å². The van der Waals surface area contributed by atoms with Crippen LogP contribution in [-0.4, -0.2) is 19.0 Å². The largest absolute Gasteiger partial charge is 0.355 e. The summed E-state index contributed by atoms with van der Waals surface area (Å²) < 4.78 is 13.4. The maximum atomic E-state index is 13.4. The normalized spacial score (nSPS) is 12.0. The molecule has 0 bridgehead atoms. The summed E-state index contributed by atoms with van der Waals surface area (Å²) in [7, 11) is 0. The Bertz CT molecular complexity index is 646. The van der Waals surface area contributed by atoms with Crippen LogP contribution in [0, 0.1) is 5.82 Å². The number of halogens is 2. The van der Waals surface area contributed by atoms with E-state index in [9.17, 15) is 9.18 Å². The Morgan fingerprint density at radius 2 is 1.87 bits per heavy atom. The molecule has 0 heterocycles. The number of carbonyl (C=O) groups is 1. The molecule has 0 saturated heterocycles. The molecule has 0 aliphatic carbocycles. The van der Waals surface area contributed by atoms with Gasteiger partial charge in [0.05, 0.1) is 6.54 Å². The van der Waals surface area contributed by atoms with Crippen molar-refractivity contribution in [1.29, 1.82) is 0 Å². The van der Waals surface area contributed by atoms with Crippen molar-refractivity contribution in [2.45, 2.75) is 19.4 Å². The summed E-state index contributed by atoms with van der Waals surface area (Å²) in [5, 5.41) is 6.62. The molecule has 0 radical (unpaired) electrons. The molecule has 0 spiro atoms. The van der Waals surface area contributed by atoms with Gasteiger partial charge in [-0.25, -0.2) is 4.39 Å². The average Bonchev–Trinajstić information content (AvgIpc) is 2.55. The summed E-state index contributed by atoms with van der Waals surface area (Å²) in [5.41, 5.74) is 1.67. The maximum absolute atomic E-state index is 13.4. The molecule has 122 valence electrons. The first-order chi connectivity index (χ1) is 11.1. The summed E-state index contributed by atoms with van der Waals surface area (Å²) >= 11 is 5.85. The molecular weight excluding hydrogens is 315 g/mol. The minimum absolute atomic E-state index is 0.0459. The molecule has 1 atom stereocenters. The van der Waals surface area contributed by atoms with E-state index >= 15 is 0 Å². The fraction of sp³-hybridized carbons (Fsp3) is 0.278. The van der Waals surface area contributed by atoms with Crippen LogP contribution < -0.4 is 10.6 Å². The first kappa shape index (κ1) is 17.4. The van der Waals surface area contributed by atoms with E-state index in [0.29, 0.717) is 23.6 Å². The molecule has 2 aromatic rings. The standard InChI is InChI=1S/C18H20ClFN2O/c1-13(14-6-8-16(19)9-7-14)22-12-18(23)21-11-10-15-4-2-3-5-17(15)20/h2-9,13,22H,10-12H2,1H3,(H,21,23)/t13-/m0/s1. The Morgan fingerprint density at radius 3 is 2.57 bits per heavy atom. The molecule has 0 aliphatic heterocycles. The molecule has 1 amide bonds. The lowest BCUT2D eigenvalue weighted by molar-refractivity contribution is -0.120. The van der Waals surface area contributed by atoms with Crippen LogP contribution >= 0.6 is 11.6 Å². The lowest BCUT2D eigenvalue weighted by atomic mass is 10.1. The molecule has 3 nitrogen and oxygen atoms in total. The van der Waals surface area contributed by atoms with Crippen LogP contribution in [-0.2, 0) is 11.2 Å². The van der Waals surface area contributed by atoms with E-state index in [2.05, 4.69) is 10.6 Å². The van der Waals surface area contributed by atoms with Crippen molar-refractivity contribution >= 4 is 17.5 Å². The third-order valence-corrected chi connectivity index (χ3v) is 3.87. The summed E-state index contributed by atoms with van der Waals surface area (Å²) in [4.78, 5) is 11.8. The Hall–Kier alpha value is -1.91. The zero-order valence-corrected chi connectivity index (χ0v) is 13.7. The maximum Gasteiger partial charge on any atom is 0.233 e. The van der Waals surface area contributed by atoms with E-state index in [1.807, 2.05) is 31.2 Å². The quantitative estimate of drug-likeness (QED) is 0.813. The smallest absolute Gasteiger partial charge is 0.233 e. The Kier molecular flexibility index (Phi) is 6.56. The van der Waals surface area contributed by atoms with Crippen molar-refractivity contribution < 1.29 is 9.18 Å². The highest BCUT2D eigenvalue weighted by Gasteiger charge is 2.08. The van der Waals surface area contributed by atoms with Crippen molar-refractivity contribution in [3.8, 4) is 0 Å². The van der Waals surface area contributed by atoms with Gasteiger partial charge in [0.25, 0.3) is 0 Å². The minimum atomic E-state index is -0.240.